The summed E-state index contributed by atoms with van der Waals surface area (Å²) >= 11 is 3.11. The van der Waals surface area contributed by atoms with Gasteiger partial charge in [-0.1, -0.05) is 11.2 Å². The number of aromatic nitrogens is 4. The minimum atomic E-state index is -0.720. The van der Waals surface area contributed by atoms with E-state index in [2.05, 4.69) is 40.6 Å². The average Bonchev–Trinajstić information content (AvgIpc) is 2.79. The molecule has 10 heteroatoms. The van der Waals surface area contributed by atoms with Crippen LogP contribution in [0.3, 0.4) is 0 Å². The molecule has 2 N–H and O–H groups in total. The Bertz CT molecular complexity index is 918. The summed E-state index contributed by atoms with van der Waals surface area (Å²) in [4.78, 5) is 11.9. The highest BCUT2D eigenvalue weighted by Gasteiger charge is 2.42. The predicted molar refractivity (Wildman–Crippen MR) is 71.4 cm³/mol. The Balaban J connectivity index is 1.88. The second kappa shape index (κ2) is 4.01. The summed E-state index contributed by atoms with van der Waals surface area (Å²) in [5.41, 5.74) is 6.90. The van der Waals surface area contributed by atoms with Crippen LogP contribution >= 0.6 is 15.9 Å². The van der Waals surface area contributed by atoms with Gasteiger partial charge in [0.25, 0.3) is 0 Å². The van der Waals surface area contributed by atoms with Gasteiger partial charge in [-0.2, -0.15) is 0 Å². The number of hydrogen-bond acceptors (Lipinski definition) is 7. The Morgan fingerprint density at radius 1 is 1.38 bits per heavy atom. The van der Waals surface area contributed by atoms with Gasteiger partial charge < -0.3 is 5.73 Å². The Hall–Kier alpha value is -2.49. The van der Waals surface area contributed by atoms with Crippen molar-refractivity contribution in [2.45, 2.75) is 0 Å². The Kier molecular flexibility index (Phi) is 2.34. The summed E-state index contributed by atoms with van der Waals surface area (Å²) < 4.78 is 24.2. The first kappa shape index (κ1) is 12.3. The van der Waals surface area contributed by atoms with Crippen molar-refractivity contribution in [3.8, 4) is 11.5 Å². The first-order chi connectivity index (χ1) is 10.1. The molecule has 2 aromatic rings. The van der Waals surface area contributed by atoms with E-state index in [4.69, 9.17) is 5.73 Å². The van der Waals surface area contributed by atoms with E-state index in [0.29, 0.717) is 15.8 Å². The lowest BCUT2D eigenvalue weighted by molar-refractivity contribution is 0.310. The number of halogens is 2. The maximum Gasteiger partial charge on any atom is 0.446 e. The first-order valence-corrected chi connectivity index (χ1v) is 6.53. The van der Waals surface area contributed by atoms with Crippen molar-refractivity contribution in [3.63, 3.8) is 0 Å². The van der Waals surface area contributed by atoms with Crippen LogP contribution in [0.5, 0.6) is 0 Å². The van der Waals surface area contributed by atoms with Crippen LogP contribution in [-0.4, -0.2) is 20.0 Å². The van der Waals surface area contributed by atoms with Gasteiger partial charge in [0, 0.05) is 11.6 Å². The SMILES string of the molecule is Nc1nonc1-c1noc(=O)n1C1=C2C=C(F)C(Br)=C[C@H]21. The van der Waals surface area contributed by atoms with E-state index >= 15 is 0 Å². The highest BCUT2D eigenvalue weighted by molar-refractivity contribution is 9.11. The minimum Gasteiger partial charge on any atom is -0.379 e. The molecule has 0 aromatic carbocycles. The van der Waals surface area contributed by atoms with Crippen molar-refractivity contribution in [2.24, 2.45) is 5.92 Å². The third kappa shape index (κ3) is 1.65. The van der Waals surface area contributed by atoms with Crippen molar-refractivity contribution in [1.29, 1.82) is 0 Å². The normalized spacial score (nSPS) is 20.2. The van der Waals surface area contributed by atoms with Gasteiger partial charge >= 0.3 is 5.76 Å². The molecule has 106 valence electrons. The van der Waals surface area contributed by atoms with Crippen LogP contribution in [0.1, 0.15) is 0 Å². The molecule has 0 aliphatic heterocycles. The van der Waals surface area contributed by atoms with E-state index in [1.807, 2.05) is 0 Å². The van der Waals surface area contributed by atoms with E-state index in [1.54, 1.807) is 6.08 Å². The predicted octanol–water partition coefficient (Wildman–Crippen LogP) is 1.46. The number of nitrogens with zero attached hydrogens (tertiary/aromatic N) is 4. The molecule has 0 spiro atoms. The molecular weight excluding hydrogens is 349 g/mol. The minimum absolute atomic E-state index is 0.0234. The molecule has 0 saturated carbocycles. The van der Waals surface area contributed by atoms with E-state index in [-0.39, 0.29) is 23.3 Å². The summed E-state index contributed by atoms with van der Waals surface area (Å²) in [6, 6.07) is 0. The van der Waals surface area contributed by atoms with Crippen LogP contribution in [0.2, 0.25) is 0 Å². The van der Waals surface area contributed by atoms with Crippen LogP contribution in [0, 0.1) is 5.92 Å². The summed E-state index contributed by atoms with van der Waals surface area (Å²) in [6.45, 7) is 0. The molecule has 0 radical (unpaired) electrons. The molecule has 21 heavy (non-hydrogen) atoms. The van der Waals surface area contributed by atoms with Gasteiger partial charge in [-0.05, 0) is 37.9 Å². The second-order valence-corrected chi connectivity index (χ2v) is 5.29. The standard InChI is InChI=1S/C11H5BrFN5O3/c12-5-1-3-4(2-6(5)13)8(3)18-10(17-20-11(18)19)7-9(14)16-21-15-7/h1-3H,(H2,14,16)/t3-/m1/s1. The molecule has 2 heterocycles. The lowest BCUT2D eigenvalue weighted by Crippen LogP contribution is -2.12. The molecule has 2 aromatic heterocycles. The van der Waals surface area contributed by atoms with Gasteiger partial charge in [-0.15, -0.1) is 0 Å². The van der Waals surface area contributed by atoms with Crippen molar-refractivity contribution >= 4 is 27.4 Å². The monoisotopic (exact) mass is 353 g/mol. The molecule has 0 saturated heterocycles. The molecule has 1 atom stereocenters. The zero-order chi connectivity index (χ0) is 14.7. The average molecular weight is 354 g/mol. The second-order valence-electron chi connectivity index (χ2n) is 4.43. The van der Waals surface area contributed by atoms with Crippen molar-refractivity contribution < 1.29 is 13.5 Å². The van der Waals surface area contributed by atoms with Crippen molar-refractivity contribution in [2.75, 3.05) is 5.73 Å². The summed E-state index contributed by atoms with van der Waals surface area (Å²) in [6.07, 6.45) is 2.99. The zero-order valence-electron chi connectivity index (χ0n) is 10.1. The largest absolute Gasteiger partial charge is 0.446 e. The molecule has 0 unspecified atom stereocenters. The number of anilines is 1. The third-order valence-electron chi connectivity index (χ3n) is 3.24. The maximum absolute atomic E-state index is 13.5. The van der Waals surface area contributed by atoms with Crippen LogP contribution in [0.15, 0.2) is 42.0 Å². The highest BCUT2D eigenvalue weighted by Crippen LogP contribution is 2.51. The van der Waals surface area contributed by atoms with Crippen LogP contribution < -0.4 is 11.5 Å². The number of nitrogen functional groups attached to an aromatic ring is 1. The fourth-order valence-electron chi connectivity index (χ4n) is 2.24. The van der Waals surface area contributed by atoms with E-state index in [1.165, 1.54) is 10.6 Å². The number of rotatable bonds is 2. The molecule has 2 aliphatic carbocycles. The van der Waals surface area contributed by atoms with Gasteiger partial charge in [0.15, 0.2) is 11.5 Å². The third-order valence-corrected chi connectivity index (χ3v) is 3.88. The number of nitrogens with two attached hydrogens (primary N) is 1. The molecule has 2 aliphatic rings. The van der Waals surface area contributed by atoms with Crippen molar-refractivity contribution in [3.05, 3.63) is 38.6 Å². The first-order valence-electron chi connectivity index (χ1n) is 5.74. The lowest BCUT2D eigenvalue weighted by atomic mass is 10.2. The Morgan fingerprint density at radius 3 is 2.86 bits per heavy atom. The quantitative estimate of drug-likeness (QED) is 0.868. The van der Waals surface area contributed by atoms with Gasteiger partial charge in [-0.25, -0.2) is 18.4 Å². The Morgan fingerprint density at radius 2 is 2.19 bits per heavy atom. The van der Waals surface area contributed by atoms with E-state index in [0.717, 1.165) is 0 Å². The molecule has 0 amide bonds. The fourth-order valence-corrected chi connectivity index (χ4v) is 2.62. The highest BCUT2D eigenvalue weighted by atomic mass is 79.9. The smallest absolute Gasteiger partial charge is 0.379 e. The summed E-state index contributed by atoms with van der Waals surface area (Å²) in [7, 11) is 0. The van der Waals surface area contributed by atoms with Crippen LogP contribution in [0.25, 0.3) is 17.2 Å². The summed E-state index contributed by atoms with van der Waals surface area (Å²) in [5.74, 6) is -1.28. The summed E-state index contributed by atoms with van der Waals surface area (Å²) in [5, 5.41) is 10.6. The van der Waals surface area contributed by atoms with Crippen LogP contribution in [-0.2, 0) is 0 Å². The van der Waals surface area contributed by atoms with E-state index in [9.17, 15) is 9.18 Å². The molecular formula is C11H5BrFN5O3. The molecule has 0 fully saturated rings. The molecule has 8 nitrogen and oxygen atoms in total. The van der Waals surface area contributed by atoms with Crippen molar-refractivity contribution in [1.82, 2.24) is 20.0 Å². The number of allylic oxidation sites excluding steroid dienone is 6. The fraction of sp³-hybridized carbons (Fsp3) is 0.0909. The lowest BCUT2D eigenvalue weighted by Gasteiger charge is -2.01. The number of hydrogen-bond donors (Lipinski definition) is 1. The van der Waals surface area contributed by atoms with Gasteiger partial charge in [0.1, 0.15) is 5.83 Å². The molecule has 0 bridgehead atoms. The molecule has 4 rings (SSSR count). The van der Waals surface area contributed by atoms with Gasteiger partial charge in [0.2, 0.25) is 5.82 Å². The topological polar surface area (TPSA) is 113 Å². The van der Waals surface area contributed by atoms with Gasteiger partial charge in [0.05, 0.1) is 4.48 Å². The maximum atomic E-state index is 13.5. The van der Waals surface area contributed by atoms with E-state index < -0.39 is 11.6 Å². The van der Waals surface area contributed by atoms with Crippen LogP contribution in [0.4, 0.5) is 10.2 Å². The Labute approximate surface area is 123 Å². The number of fused-ring (bicyclic) bond motifs is 1. The van der Waals surface area contributed by atoms with Gasteiger partial charge in [-0.3, -0.25) is 4.52 Å². The zero-order valence-corrected chi connectivity index (χ0v) is 11.7.